The summed E-state index contributed by atoms with van der Waals surface area (Å²) in [4.78, 5) is 37.1. The molecule has 222 valence electrons. The number of halogens is 2. The lowest BCUT2D eigenvalue weighted by molar-refractivity contribution is -0.149. The summed E-state index contributed by atoms with van der Waals surface area (Å²) in [5.74, 6) is -0.476. The van der Waals surface area contributed by atoms with Gasteiger partial charge in [0.1, 0.15) is 33.9 Å². The summed E-state index contributed by atoms with van der Waals surface area (Å²) in [5.41, 5.74) is -1.67. The maximum Gasteiger partial charge on any atom is 0.459 e. The molecule has 1 aliphatic heterocycles. The topological polar surface area (TPSA) is 158 Å². The molecular weight excluding hydrogens is 600 g/mol. The summed E-state index contributed by atoms with van der Waals surface area (Å²) in [6.45, 7) is 5.67. The number of aliphatic hydroxyl groups excluding tert-OH is 1. The number of nitrogens with zero attached hydrogens (tertiary/aromatic N) is 1. The fourth-order valence-corrected chi connectivity index (χ4v) is 6.25. The van der Waals surface area contributed by atoms with Gasteiger partial charge in [0, 0.05) is 11.6 Å². The zero-order valence-corrected chi connectivity index (χ0v) is 25.0. The molecule has 41 heavy (non-hydrogen) atoms. The first-order chi connectivity index (χ1) is 19.2. The second-order valence-corrected chi connectivity index (χ2v) is 12.9. The van der Waals surface area contributed by atoms with Crippen LogP contribution in [0.5, 0.6) is 5.75 Å². The summed E-state index contributed by atoms with van der Waals surface area (Å²) in [5, 5.41) is 14.7. The third-order valence-corrected chi connectivity index (χ3v) is 8.64. The molecule has 0 radical (unpaired) electrons. The number of ether oxygens (including phenoxy) is 2. The molecule has 2 heterocycles. The van der Waals surface area contributed by atoms with Gasteiger partial charge in [-0.3, -0.25) is 23.7 Å². The van der Waals surface area contributed by atoms with Crippen LogP contribution in [0.1, 0.15) is 33.9 Å². The molecule has 1 aromatic heterocycles. The van der Waals surface area contributed by atoms with E-state index in [-0.39, 0.29) is 10.8 Å². The molecule has 3 aromatic rings. The zero-order chi connectivity index (χ0) is 30.1. The predicted molar refractivity (Wildman–Crippen MR) is 152 cm³/mol. The van der Waals surface area contributed by atoms with Crippen molar-refractivity contribution in [3.8, 4) is 5.75 Å². The van der Waals surface area contributed by atoms with Crippen molar-refractivity contribution in [3.05, 3.63) is 74.5 Å². The molecule has 0 bridgehead atoms. The molecule has 0 saturated carbocycles. The number of alkyl halides is 1. The van der Waals surface area contributed by atoms with Crippen molar-refractivity contribution in [2.24, 2.45) is 0 Å². The Kier molecular flexibility index (Phi) is 9.35. The summed E-state index contributed by atoms with van der Waals surface area (Å²) < 4.78 is 37.7. The lowest BCUT2D eigenvalue weighted by Gasteiger charge is -2.26. The highest BCUT2D eigenvalue weighted by atomic mass is 35.5. The predicted octanol–water partition coefficient (Wildman–Crippen LogP) is 3.73. The highest BCUT2D eigenvalue weighted by Crippen LogP contribution is 2.49. The fourth-order valence-electron chi connectivity index (χ4n) is 4.28. The number of hydrogen-bond acceptors (Lipinski definition) is 9. The van der Waals surface area contributed by atoms with E-state index in [2.05, 4.69) is 5.09 Å². The van der Waals surface area contributed by atoms with Gasteiger partial charge in [-0.2, -0.15) is 5.09 Å². The molecular formula is C26H30Cl2N3O9P. The maximum atomic E-state index is 14.1. The molecule has 12 nitrogen and oxygen atoms in total. The Labute approximate surface area is 245 Å². The van der Waals surface area contributed by atoms with Gasteiger partial charge in [-0.1, -0.05) is 48.0 Å². The number of nitrogens with one attached hydrogen (secondary N) is 2. The van der Waals surface area contributed by atoms with Crippen molar-refractivity contribution in [1.82, 2.24) is 14.6 Å². The Morgan fingerprint density at radius 3 is 2.61 bits per heavy atom. The van der Waals surface area contributed by atoms with E-state index in [1.54, 1.807) is 38.1 Å². The van der Waals surface area contributed by atoms with Crippen molar-refractivity contribution in [3.63, 3.8) is 0 Å². The average molecular weight is 630 g/mol. The first-order valence-electron chi connectivity index (χ1n) is 12.7. The molecule has 3 N–H and O–H groups in total. The number of hydrogen-bond donors (Lipinski definition) is 3. The van der Waals surface area contributed by atoms with Crippen molar-refractivity contribution in [2.75, 3.05) is 6.61 Å². The van der Waals surface area contributed by atoms with Crippen LogP contribution in [-0.2, 0) is 23.4 Å². The molecule has 1 saturated heterocycles. The molecule has 0 spiro atoms. The molecule has 0 amide bonds. The smallest absolute Gasteiger partial charge is 0.459 e. The number of aliphatic hydroxyl groups is 1. The second kappa shape index (κ2) is 12.3. The third-order valence-electron chi connectivity index (χ3n) is 6.33. The Hall–Kier alpha value is -2.70. The van der Waals surface area contributed by atoms with Gasteiger partial charge in [-0.15, -0.1) is 11.6 Å². The Bertz CT molecular complexity index is 1590. The minimum Gasteiger partial charge on any atom is -0.462 e. The van der Waals surface area contributed by atoms with E-state index in [1.165, 1.54) is 13.8 Å². The van der Waals surface area contributed by atoms with E-state index in [4.69, 9.17) is 41.7 Å². The third kappa shape index (κ3) is 6.86. The molecule has 1 aliphatic rings. The molecule has 6 unspecified atom stereocenters. The summed E-state index contributed by atoms with van der Waals surface area (Å²) >= 11 is 12.5. The summed E-state index contributed by atoms with van der Waals surface area (Å²) in [6, 6.07) is 11.3. The molecule has 1 fully saturated rings. The van der Waals surface area contributed by atoms with Gasteiger partial charge < -0.3 is 19.1 Å². The molecule has 4 rings (SSSR count). The van der Waals surface area contributed by atoms with E-state index in [0.29, 0.717) is 5.39 Å². The SMILES string of the molecule is CC(C)OC(=O)C(C)NP(=O)(OCC1OC(n2cc(Cl)c(=O)[nH]c2=O)C(C)(Cl)C1O)Oc1cccc2ccccc12. The van der Waals surface area contributed by atoms with Gasteiger partial charge in [0.15, 0.2) is 6.23 Å². The largest absolute Gasteiger partial charge is 0.462 e. The van der Waals surface area contributed by atoms with Crippen LogP contribution in [0.25, 0.3) is 10.8 Å². The van der Waals surface area contributed by atoms with Crippen LogP contribution in [0.3, 0.4) is 0 Å². The second-order valence-electron chi connectivity index (χ2n) is 9.96. The number of rotatable bonds is 10. The van der Waals surface area contributed by atoms with E-state index < -0.39 is 67.0 Å². The number of carbonyl (C=O) groups excluding carboxylic acids is 1. The maximum absolute atomic E-state index is 14.1. The first kappa shape index (κ1) is 31.2. The highest BCUT2D eigenvalue weighted by molar-refractivity contribution is 7.52. The number of carbonyl (C=O) groups is 1. The number of aromatic amines is 1. The van der Waals surface area contributed by atoms with E-state index in [0.717, 1.165) is 16.2 Å². The van der Waals surface area contributed by atoms with Crippen LogP contribution >= 0.6 is 30.9 Å². The monoisotopic (exact) mass is 629 g/mol. The number of H-pyrrole nitrogens is 1. The van der Waals surface area contributed by atoms with E-state index in [9.17, 15) is 24.1 Å². The van der Waals surface area contributed by atoms with Crippen molar-refractivity contribution < 1.29 is 33.0 Å². The number of aromatic nitrogens is 2. The molecule has 6 atom stereocenters. The van der Waals surface area contributed by atoms with E-state index >= 15 is 0 Å². The number of esters is 1. The number of fused-ring (bicyclic) bond motifs is 1. The highest BCUT2D eigenvalue weighted by Gasteiger charge is 2.54. The van der Waals surface area contributed by atoms with Crippen LogP contribution in [0.4, 0.5) is 0 Å². The van der Waals surface area contributed by atoms with Crippen LogP contribution in [-0.4, -0.2) is 56.5 Å². The van der Waals surface area contributed by atoms with Crippen LogP contribution in [0.15, 0.2) is 58.3 Å². The fraction of sp³-hybridized carbons (Fsp3) is 0.423. The average Bonchev–Trinajstić information content (AvgIpc) is 3.13. The van der Waals surface area contributed by atoms with Crippen LogP contribution in [0.2, 0.25) is 5.02 Å². The first-order valence-corrected chi connectivity index (χ1v) is 15.0. The molecule has 2 aromatic carbocycles. The minimum atomic E-state index is -4.36. The standard InChI is InChI=1S/C26H30Cl2N3O9P/c1-14(2)38-23(34)15(3)30-41(36,40-19-11-7-9-16-8-5-6-10-17(16)19)37-13-20-21(32)26(4,28)24(39-20)31-12-18(27)22(33)29-25(31)35/h5-12,14-15,20-21,24,32H,13H2,1-4H3,(H,30,36)(H,29,33,35). The van der Waals surface area contributed by atoms with E-state index in [1.807, 2.05) is 23.2 Å². The van der Waals surface area contributed by atoms with Crippen molar-refractivity contribution in [1.29, 1.82) is 0 Å². The number of benzene rings is 2. The quantitative estimate of drug-likeness (QED) is 0.171. The van der Waals surface area contributed by atoms with Gasteiger partial charge in [-0.05, 0) is 39.1 Å². The van der Waals surface area contributed by atoms with Gasteiger partial charge in [-0.25, -0.2) is 9.36 Å². The van der Waals surface area contributed by atoms with Crippen LogP contribution in [0, 0.1) is 0 Å². The minimum absolute atomic E-state index is 0.214. The lowest BCUT2D eigenvalue weighted by atomic mass is 10.0. The van der Waals surface area contributed by atoms with Gasteiger partial charge in [0.25, 0.3) is 5.56 Å². The Morgan fingerprint density at radius 2 is 1.90 bits per heavy atom. The van der Waals surface area contributed by atoms with Gasteiger partial charge >= 0.3 is 19.4 Å². The lowest BCUT2D eigenvalue weighted by Crippen LogP contribution is -2.43. The zero-order valence-electron chi connectivity index (χ0n) is 22.6. The van der Waals surface area contributed by atoms with Gasteiger partial charge in [0.05, 0.1) is 12.7 Å². The Balaban J connectivity index is 1.61. The van der Waals surface area contributed by atoms with Crippen LogP contribution < -0.4 is 20.9 Å². The van der Waals surface area contributed by atoms with Crippen molar-refractivity contribution in [2.45, 2.75) is 63.2 Å². The summed E-state index contributed by atoms with van der Waals surface area (Å²) in [6.07, 6.45) is -3.33. The normalized spacial score (nSPS) is 24.7. The Morgan fingerprint density at radius 1 is 1.22 bits per heavy atom. The molecule has 15 heteroatoms. The van der Waals surface area contributed by atoms with Crippen molar-refractivity contribution >= 4 is 47.7 Å². The summed E-state index contributed by atoms with van der Waals surface area (Å²) in [7, 11) is -4.36. The van der Waals surface area contributed by atoms with Gasteiger partial charge in [0.2, 0.25) is 0 Å². The molecule has 0 aliphatic carbocycles.